The Bertz CT molecular complexity index is 905. The summed E-state index contributed by atoms with van der Waals surface area (Å²) in [5, 5.41) is 14.5. The lowest BCUT2D eigenvalue weighted by Crippen LogP contribution is -2.53. The normalized spacial score (nSPS) is 13.6. The lowest BCUT2D eigenvalue weighted by Gasteiger charge is -2.37. The Morgan fingerprint density at radius 3 is 2.85 bits per heavy atom. The van der Waals surface area contributed by atoms with Gasteiger partial charge in [-0.25, -0.2) is 0 Å². The number of fused-ring (bicyclic) bond motifs is 1. The molecule has 2 aromatic rings. The maximum absolute atomic E-state index is 12.6. The van der Waals surface area contributed by atoms with Crippen LogP contribution in [0.25, 0.3) is 0 Å². The van der Waals surface area contributed by atoms with Gasteiger partial charge in [0.1, 0.15) is 12.2 Å². The van der Waals surface area contributed by atoms with Gasteiger partial charge < -0.3 is 24.5 Å². The second-order valence-electron chi connectivity index (χ2n) is 6.09. The highest BCUT2D eigenvalue weighted by molar-refractivity contribution is 5.99. The number of hydrogen-bond donors (Lipinski definition) is 2. The van der Waals surface area contributed by atoms with E-state index in [0.717, 1.165) is 5.56 Å². The molecule has 0 aliphatic carbocycles. The van der Waals surface area contributed by atoms with Crippen LogP contribution in [0.4, 0.5) is 0 Å². The van der Waals surface area contributed by atoms with Gasteiger partial charge in [-0.05, 0) is 6.07 Å². The number of hydrogen-bond acceptors (Lipinski definition) is 7. The first-order chi connectivity index (χ1) is 12.9. The van der Waals surface area contributed by atoms with E-state index in [9.17, 15) is 19.5 Å². The molecule has 0 fully saturated rings. The minimum atomic E-state index is -0.902. The van der Waals surface area contributed by atoms with Gasteiger partial charge in [0, 0.05) is 39.0 Å². The van der Waals surface area contributed by atoms with Gasteiger partial charge in [-0.2, -0.15) is 0 Å². The zero-order valence-electron chi connectivity index (χ0n) is 15.0. The number of pyridine rings is 1. The minimum Gasteiger partial charge on any atom is -0.502 e. The average Bonchev–Trinajstić information content (AvgIpc) is 3.17. The number of rotatable bonds is 6. The van der Waals surface area contributed by atoms with Crippen molar-refractivity contribution in [2.45, 2.75) is 6.54 Å². The number of carbonyl (C=O) groups excluding carboxylic acids is 2. The number of amides is 2. The first-order valence-corrected chi connectivity index (χ1v) is 8.21. The topological polar surface area (TPSA) is 117 Å². The second-order valence-corrected chi connectivity index (χ2v) is 6.09. The molecule has 0 saturated carbocycles. The van der Waals surface area contributed by atoms with Crippen molar-refractivity contribution in [3.05, 3.63) is 51.8 Å². The average molecular weight is 376 g/mol. The maximum Gasteiger partial charge on any atom is 0.277 e. The molecular formula is C17H20N4O6. The van der Waals surface area contributed by atoms with Gasteiger partial charge in [-0.3, -0.25) is 24.1 Å². The van der Waals surface area contributed by atoms with E-state index >= 15 is 0 Å². The Morgan fingerprint density at radius 1 is 1.41 bits per heavy atom. The Labute approximate surface area is 154 Å². The van der Waals surface area contributed by atoms with Crippen molar-refractivity contribution in [3.8, 4) is 5.75 Å². The van der Waals surface area contributed by atoms with E-state index in [2.05, 4.69) is 5.32 Å². The predicted octanol–water partition coefficient (Wildman–Crippen LogP) is -0.296. The summed E-state index contributed by atoms with van der Waals surface area (Å²) in [6, 6.07) is 1.68. The van der Waals surface area contributed by atoms with Crippen molar-refractivity contribution in [2.75, 3.05) is 39.0 Å². The Morgan fingerprint density at radius 2 is 2.19 bits per heavy atom. The predicted molar refractivity (Wildman–Crippen MR) is 94.2 cm³/mol. The van der Waals surface area contributed by atoms with Crippen molar-refractivity contribution < 1.29 is 23.8 Å². The molecular weight excluding hydrogens is 356 g/mol. The van der Waals surface area contributed by atoms with Crippen LogP contribution in [0, 0.1) is 0 Å². The van der Waals surface area contributed by atoms with Gasteiger partial charge in [-0.1, -0.05) is 0 Å². The molecule has 1 aliphatic heterocycles. The molecule has 2 amide bonds. The molecule has 27 heavy (non-hydrogen) atoms. The number of aromatic nitrogens is 1. The molecule has 3 heterocycles. The number of carbonyl (C=O) groups is 2. The number of methoxy groups -OCH3 is 1. The molecule has 3 rings (SSSR count). The number of aromatic hydroxyl groups is 1. The van der Waals surface area contributed by atoms with E-state index in [4.69, 9.17) is 9.15 Å². The van der Waals surface area contributed by atoms with Gasteiger partial charge in [0.25, 0.3) is 11.8 Å². The molecule has 0 spiro atoms. The molecule has 2 N–H and O–H groups in total. The Kier molecular flexibility index (Phi) is 5.17. The van der Waals surface area contributed by atoms with Crippen molar-refractivity contribution >= 4 is 11.8 Å². The van der Waals surface area contributed by atoms with Gasteiger partial charge in [0.15, 0.2) is 11.4 Å². The van der Waals surface area contributed by atoms with Gasteiger partial charge >= 0.3 is 0 Å². The van der Waals surface area contributed by atoms with Gasteiger partial charge in [-0.15, -0.1) is 0 Å². The second kappa shape index (κ2) is 7.54. The fourth-order valence-corrected chi connectivity index (χ4v) is 2.79. The first-order valence-electron chi connectivity index (χ1n) is 8.21. The summed E-state index contributed by atoms with van der Waals surface area (Å²) in [4.78, 5) is 38.9. The number of nitrogens with zero attached hydrogens (tertiary/aromatic N) is 3. The van der Waals surface area contributed by atoms with Crippen LogP contribution in [-0.4, -0.2) is 60.5 Å². The molecule has 0 bridgehead atoms. The molecule has 2 aromatic heterocycles. The molecule has 0 radical (unpaired) electrons. The third-order valence-corrected chi connectivity index (χ3v) is 4.24. The largest absolute Gasteiger partial charge is 0.502 e. The fraction of sp³-hybridized carbons (Fsp3) is 0.353. The van der Waals surface area contributed by atoms with Crippen molar-refractivity contribution in [1.29, 1.82) is 0 Å². The Hall–Kier alpha value is -3.27. The Balaban J connectivity index is 1.90. The van der Waals surface area contributed by atoms with Crippen LogP contribution in [-0.2, 0) is 11.3 Å². The van der Waals surface area contributed by atoms with E-state index in [1.165, 1.54) is 35.4 Å². The maximum atomic E-state index is 12.6. The molecule has 144 valence electrons. The summed E-state index contributed by atoms with van der Waals surface area (Å²) in [6.45, 7) is 1.00. The third kappa shape index (κ3) is 3.51. The number of furan rings is 1. The molecule has 0 saturated heterocycles. The van der Waals surface area contributed by atoms with Crippen LogP contribution < -0.4 is 15.8 Å². The summed E-state index contributed by atoms with van der Waals surface area (Å²) < 4.78 is 11.2. The molecule has 0 unspecified atom stereocenters. The summed E-state index contributed by atoms with van der Waals surface area (Å²) in [5.74, 6) is -1.93. The molecule has 10 nitrogen and oxygen atoms in total. The van der Waals surface area contributed by atoms with Crippen LogP contribution in [0.5, 0.6) is 5.75 Å². The lowest BCUT2D eigenvalue weighted by molar-refractivity contribution is 0.0629. The standard InChI is InChI=1S/C17H20N4O6/c1-19-10-20(4-6-26-2)17(25)13-15(23)14(22)12(8-21(13)19)16(24)18-7-11-3-5-27-9-11/h3,5,8-9,23H,4,6-7,10H2,1-2H3,(H,18,24). The number of ether oxygens (including phenoxy) is 1. The van der Waals surface area contributed by atoms with Crippen molar-refractivity contribution in [2.24, 2.45) is 0 Å². The monoisotopic (exact) mass is 376 g/mol. The van der Waals surface area contributed by atoms with E-state index in [0.29, 0.717) is 13.2 Å². The highest BCUT2D eigenvalue weighted by atomic mass is 16.5. The van der Waals surface area contributed by atoms with Crippen LogP contribution >= 0.6 is 0 Å². The summed E-state index contributed by atoms with van der Waals surface area (Å²) in [5.41, 5.74) is -0.617. The van der Waals surface area contributed by atoms with Gasteiger partial charge in [0.2, 0.25) is 5.43 Å². The van der Waals surface area contributed by atoms with E-state index in [-0.39, 0.29) is 24.5 Å². The molecule has 0 aromatic carbocycles. The SMILES string of the molecule is COCCN1CN(C)n2cc(C(=O)NCc3ccoc3)c(=O)c(O)c2C1=O. The smallest absolute Gasteiger partial charge is 0.277 e. The van der Waals surface area contributed by atoms with E-state index in [1.807, 2.05) is 0 Å². The molecule has 1 aliphatic rings. The van der Waals surface area contributed by atoms with Crippen molar-refractivity contribution in [3.63, 3.8) is 0 Å². The van der Waals surface area contributed by atoms with Crippen LogP contribution in [0.1, 0.15) is 26.4 Å². The first kappa shape index (κ1) is 18.5. The fourth-order valence-electron chi connectivity index (χ4n) is 2.79. The zero-order chi connectivity index (χ0) is 19.6. The molecule has 10 heteroatoms. The highest BCUT2D eigenvalue weighted by Crippen LogP contribution is 2.20. The number of nitrogens with one attached hydrogen (secondary N) is 1. The summed E-state index contributed by atoms with van der Waals surface area (Å²) in [7, 11) is 3.19. The quantitative estimate of drug-likeness (QED) is 0.711. The van der Waals surface area contributed by atoms with Crippen molar-refractivity contribution in [1.82, 2.24) is 14.9 Å². The van der Waals surface area contributed by atoms with E-state index in [1.54, 1.807) is 18.1 Å². The highest BCUT2D eigenvalue weighted by Gasteiger charge is 2.32. The third-order valence-electron chi connectivity index (χ3n) is 4.24. The van der Waals surface area contributed by atoms with Gasteiger partial charge in [0.05, 0.1) is 19.1 Å². The minimum absolute atomic E-state index is 0.164. The zero-order valence-corrected chi connectivity index (χ0v) is 15.0. The molecule has 0 atom stereocenters. The van der Waals surface area contributed by atoms with E-state index < -0.39 is 23.0 Å². The van der Waals surface area contributed by atoms with Crippen LogP contribution in [0.15, 0.2) is 34.0 Å². The van der Waals surface area contributed by atoms with Crippen LogP contribution in [0.3, 0.4) is 0 Å². The summed E-state index contributed by atoms with van der Waals surface area (Å²) >= 11 is 0. The lowest BCUT2D eigenvalue weighted by atomic mass is 10.1. The summed E-state index contributed by atoms with van der Waals surface area (Å²) in [6.07, 6.45) is 4.20. The van der Waals surface area contributed by atoms with Crippen LogP contribution in [0.2, 0.25) is 0 Å².